The third-order valence-corrected chi connectivity index (χ3v) is 3.45. The molecule has 1 N–H and O–H groups in total. The van der Waals surface area contributed by atoms with Crippen molar-refractivity contribution in [1.29, 1.82) is 0 Å². The Morgan fingerprint density at radius 3 is 2.56 bits per heavy atom. The Balaban J connectivity index is 2.86. The summed E-state index contributed by atoms with van der Waals surface area (Å²) in [7, 11) is 0. The van der Waals surface area contributed by atoms with Gasteiger partial charge in [-0.1, -0.05) is 39.8 Å². The summed E-state index contributed by atoms with van der Waals surface area (Å²) >= 11 is 0. The largest absolute Gasteiger partial charge is 0.492 e. The summed E-state index contributed by atoms with van der Waals surface area (Å²) in [4.78, 5) is 0. The normalized spacial score (nSPS) is 27.1. The van der Waals surface area contributed by atoms with Gasteiger partial charge < -0.3 is 9.84 Å². The first-order chi connectivity index (χ1) is 7.63. The molecule has 0 spiro atoms. The molecule has 0 radical (unpaired) electrons. The number of hydrogen-bond donors (Lipinski definition) is 1. The lowest BCUT2D eigenvalue weighted by Crippen LogP contribution is -2.23. The highest BCUT2D eigenvalue weighted by molar-refractivity contribution is 5.29. The van der Waals surface area contributed by atoms with Gasteiger partial charge in [0.2, 0.25) is 0 Å². The maximum absolute atomic E-state index is 9.20. The second-order valence-corrected chi connectivity index (χ2v) is 4.58. The zero-order valence-corrected chi connectivity index (χ0v) is 10.9. The first-order valence-electron chi connectivity index (χ1n) is 6.32. The van der Waals surface area contributed by atoms with E-state index in [4.69, 9.17) is 4.74 Å². The molecule has 0 fully saturated rings. The Kier molecular flexibility index (Phi) is 5.07. The summed E-state index contributed by atoms with van der Waals surface area (Å²) in [6.45, 7) is 8.69. The van der Waals surface area contributed by atoms with Crippen LogP contribution in [0.2, 0.25) is 0 Å². The van der Waals surface area contributed by atoms with E-state index in [0.717, 1.165) is 18.6 Å². The average Bonchev–Trinajstić information content (AvgIpc) is 2.31. The molecule has 1 aliphatic carbocycles. The van der Waals surface area contributed by atoms with E-state index < -0.39 is 0 Å². The lowest BCUT2D eigenvalue weighted by molar-refractivity contribution is 0.0371. The van der Waals surface area contributed by atoms with Gasteiger partial charge in [0.25, 0.3) is 0 Å². The van der Waals surface area contributed by atoms with Crippen molar-refractivity contribution in [3.05, 3.63) is 23.5 Å². The summed E-state index contributed by atoms with van der Waals surface area (Å²) in [5.41, 5.74) is 1.28. The van der Waals surface area contributed by atoms with Crippen molar-refractivity contribution < 1.29 is 9.84 Å². The summed E-state index contributed by atoms with van der Waals surface area (Å²) in [5.74, 6) is 2.01. The second-order valence-electron chi connectivity index (χ2n) is 4.58. The molecule has 2 heteroatoms. The van der Waals surface area contributed by atoms with Crippen LogP contribution in [0.4, 0.5) is 0 Å². The molecule has 0 bridgehead atoms. The highest BCUT2D eigenvalue weighted by Gasteiger charge is 2.24. The van der Waals surface area contributed by atoms with Gasteiger partial charge >= 0.3 is 0 Å². The van der Waals surface area contributed by atoms with E-state index >= 15 is 0 Å². The van der Waals surface area contributed by atoms with Crippen LogP contribution in [0, 0.1) is 11.8 Å². The fourth-order valence-corrected chi connectivity index (χ4v) is 1.95. The molecule has 0 aromatic carbocycles. The third-order valence-electron chi connectivity index (χ3n) is 3.45. The van der Waals surface area contributed by atoms with Crippen LogP contribution < -0.4 is 0 Å². The van der Waals surface area contributed by atoms with Gasteiger partial charge in [-0.3, -0.25) is 0 Å². The zero-order valence-electron chi connectivity index (χ0n) is 10.9. The molecule has 16 heavy (non-hydrogen) atoms. The Morgan fingerprint density at radius 2 is 2.06 bits per heavy atom. The van der Waals surface area contributed by atoms with Crippen molar-refractivity contribution in [2.45, 2.75) is 46.6 Å². The van der Waals surface area contributed by atoms with Crippen LogP contribution >= 0.6 is 0 Å². The van der Waals surface area contributed by atoms with Crippen LogP contribution in [0.3, 0.4) is 0 Å². The molecule has 0 aromatic heterocycles. The van der Waals surface area contributed by atoms with Gasteiger partial charge in [-0.05, 0) is 24.3 Å². The zero-order chi connectivity index (χ0) is 12.1. The standard InChI is InChI=1S/C14H24O2/c1-5-12-8-7-10(3)11(4)14(12)16-13(6-2)9-15/h7-8,10-11,13,15H,5-6,9H2,1-4H3/t10-,11?,13?/m0/s1. The number of hydrogen-bond acceptors (Lipinski definition) is 2. The van der Waals surface area contributed by atoms with Gasteiger partial charge in [-0.25, -0.2) is 0 Å². The maximum atomic E-state index is 9.20. The smallest absolute Gasteiger partial charge is 0.121 e. The summed E-state index contributed by atoms with van der Waals surface area (Å²) in [6.07, 6.45) is 6.20. The van der Waals surface area contributed by atoms with E-state index in [2.05, 4.69) is 32.9 Å². The highest BCUT2D eigenvalue weighted by Crippen LogP contribution is 2.32. The summed E-state index contributed by atoms with van der Waals surface area (Å²) < 4.78 is 5.95. The number of aliphatic hydroxyl groups excluding tert-OH is 1. The lowest BCUT2D eigenvalue weighted by Gasteiger charge is -2.29. The number of ether oxygens (including phenoxy) is 1. The Hall–Kier alpha value is -0.760. The SMILES string of the molecule is CCC1=C(OC(CC)CO)C(C)[C@@H](C)C=C1. The van der Waals surface area contributed by atoms with Gasteiger partial charge in [-0.2, -0.15) is 0 Å². The van der Waals surface area contributed by atoms with Crippen LogP contribution in [-0.4, -0.2) is 17.8 Å². The number of allylic oxidation sites excluding steroid dienone is 4. The average molecular weight is 224 g/mol. The molecule has 2 unspecified atom stereocenters. The fraction of sp³-hybridized carbons (Fsp3) is 0.714. The van der Waals surface area contributed by atoms with E-state index in [1.54, 1.807) is 0 Å². The molecule has 0 heterocycles. The molecule has 1 rings (SSSR count). The Bertz CT molecular complexity index is 274. The molecule has 2 nitrogen and oxygen atoms in total. The van der Waals surface area contributed by atoms with Gasteiger partial charge in [0, 0.05) is 5.92 Å². The van der Waals surface area contributed by atoms with E-state index in [1.807, 2.05) is 6.92 Å². The van der Waals surface area contributed by atoms with Crippen molar-refractivity contribution >= 4 is 0 Å². The van der Waals surface area contributed by atoms with Gasteiger partial charge in [0.1, 0.15) is 11.9 Å². The van der Waals surface area contributed by atoms with E-state index in [9.17, 15) is 5.11 Å². The van der Waals surface area contributed by atoms with Crippen LogP contribution in [0.15, 0.2) is 23.5 Å². The molecule has 0 amide bonds. The molecule has 1 aliphatic rings. The fourth-order valence-electron chi connectivity index (χ4n) is 1.95. The Labute approximate surface area is 99.0 Å². The summed E-state index contributed by atoms with van der Waals surface area (Å²) in [5, 5.41) is 9.20. The first-order valence-corrected chi connectivity index (χ1v) is 6.32. The van der Waals surface area contributed by atoms with Crippen molar-refractivity contribution in [2.75, 3.05) is 6.61 Å². The number of aliphatic hydroxyl groups is 1. The first kappa shape index (κ1) is 13.3. The van der Waals surface area contributed by atoms with Crippen molar-refractivity contribution in [3.8, 4) is 0 Å². The summed E-state index contributed by atoms with van der Waals surface area (Å²) in [6, 6.07) is 0. The van der Waals surface area contributed by atoms with Crippen molar-refractivity contribution in [3.63, 3.8) is 0 Å². The van der Waals surface area contributed by atoms with Gasteiger partial charge in [-0.15, -0.1) is 0 Å². The van der Waals surface area contributed by atoms with Gasteiger partial charge in [0.05, 0.1) is 6.61 Å². The molecule has 3 atom stereocenters. The molecule has 0 saturated heterocycles. The monoisotopic (exact) mass is 224 g/mol. The lowest BCUT2D eigenvalue weighted by atomic mass is 9.86. The topological polar surface area (TPSA) is 29.5 Å². The predicted molar refractivity (Wildman–Crippen MR) is 67.0 cm³/mol. The third kappa shape index (κ3) is 2.88. The van der Waals surface area contributed by atoms with E-state index in [1.165, 1.54) is 5.57 Å². The van der Waals surface area contributed by atoms with Crippen molar-refractivity contribution in [2.24, 2.45) is 11.8 Å². The quantitative estimate of drug-likeness (QED) is 0.776. The highest BCUT2D eigenvalue weighted by atomic mass is 16.5. The minimum Gasteiger partial charge on any atom is -0.492 e. The van der Waals surface area contributed by atoms with Crippen LogP contribution in [0.1, 0.15) is 40.5 Å². The van der Waals surface area contributed by atoms with Crippen LogP contribution in [-0.2, 0) is 4.74 Å². The number of rotatable bonds is 5. The molecular weight excluding hydrogens is 200 g/mol. The predicted octanol–water partition coefficient (Wildman–Crippen LogP) is 3.28. The molecule has 0 saturated carbocycles. The second kappa shape index (κ2) is 6.09. The van der Waals surface area contributed by atoms with E-state index in [-0.39, 0.29) is 12.7 Å². The van der Waals surface area contributed by atoms with Gasteiger partial charge in [0.15, 0.2) is 0 Å². The van der Waals surface area contributed by atoms with E-state index in [0.29, 0.717) is 11.8 Å². The minimum absolute atomic E-state index is 0.0577. The molecular formula is C14H24O2. The maximum Gasteiger partial charge on any atom is 0.121 e. The Morgan fingerprint density at radius 1 is 1.38 bits per heavy atom. The minimum atomic E-state index is -0.0577. The van der Waals surface area contributed by atoms with Crippen molar-refractivity contribution in [1.82, 2.24) is 0 Å². The molecule has 0 aliphatic heterocycles. The van der Waals surface area contributed by atoms with Crippen LogP contribution in [0.25, 0.3) is 0 Å². The molecule has 0 aromatic rings. The molecule has 92 valence electrons. The van der Waals surface area contributed by atoms with Crippen LogP contribution in [0.5, 0.6) is 0 Å².